The Morgan fingerprint density at radius 3 is 2.74 bits per heavy atom. The molecule has 2 aromatic rings. The highest BCUT2D eigenvalue weighted by Crippen LogP contribution is 2.34. The van der Waals surface area contributed by atoms with Crippen molar-refractivity contribution in [3.8, 4) is 11.5 Å². The topological polar surface area (TPSA) is 47.6 Å². The molecule has 1 N–H and O–H groups in total. The van der Waals surface area contributed by atoms with Gasteiger partial charge in [-0.2, -0.15) is 0 Å². The van der Waals surface area contributed by atoms with Crippen molar-refractivity contribution in [2.24, 2.45) is 0 Å². The zero-order valence-corrected chi connectivity index (χ0v) is 14.3. The summed E-state index contributed by atoms with van der Waals surface area (Å²) < 4.78 is 10.5. The van der Waals surface area contributed by atoms with Gasteiger partial charge in [0.1, 0.15) is 0 Å². The third-order valence-electron chi connectivity index (χ3n) is 3.14. The first-order valence-corrected chi connectivity index (χ1v) is 8.74. The van der Waals surface area contributed by atoms with E-state index in [0.717, 1.165) is 5.56 Å². The van der Waals surface area contributed by atoms with E-state index in [0.29, 0.717) is 38.7 Å². The van der Waals surface area contributed by atoms with Gasteiger partial charge in [0.25, 0.3) is 0 Å². The van der Waals surface area contributed by atoms with Crippen LogP contribution in [0.25, 0.3) is 0 Å². The van der Waals surface area contributed by atoms with Crippen LogP contribution in [-0.2, 0) is 10.5 Å². The van der Waals surface area contributed by atoms with E-state index in [1.165, 1.54) is 11.8 Å². The number of amides is 1. The number of thioether (sulfide) groups is 1. The lowest BCUT2D eigenvalue weighted by molar-refractivity contribution is -0.113. The van der Waals surface area contributed by atoms with Crippen molar-refractivity contribution >= 4 is 46.6 Å². The van der Waals surface area contributed by atoms with Crippen molar-refractivity contribution in [2.45, 2.75) is 5.75 Å². The molecular weight excluding hydrogens is 357 g/mol. The Labute approximate surface area is 148 Å². The smallest absolute Gasteiger partial charge is 0.234 e. The van der Waals surface area contributed by atoms with Crippen LogP contribution in [0.1, 0.15) is 5.56 Å². The van der Waals surface area contributed by atoms with E-state index in [1.807, 2.05) is 12.1 Å². The Morgan fingerprint density at radius 2 is 1.91 bits per heavy atom. The third-order valence-corrected chi connectivity index (χ3v) is 4.89. The number of hydrogen-bond acceptors (Lipinski definition) is 4. The zero-order valence-electron chi connectivity index (χ0n) is 12.0. The van der Waals surface area contributed by atoms with E-state index < -0.39 is 0 Å². The molecule has 4 nitrogen and oxygen atoms in total. The summed E-state index contributed by atoms with van der Waals surface area (Å²) in [5.74, 6) is 2.29. The summed E-state index contributed by atoms with van der Waals surface area (Å²) in [5, 5.41) is 3.89. The predicted molar refractivity (Wildman–Crippen MR) is 93.8 cm³/mol. The first-order chi connectivity index (χ1) is 11.1. The van der Waals surface area contributed by atoms with Gasteiger partial charge in [0, 0.05) is 17.5 Å². The molecule has 1 aliphatic heterocycles. The Hall–Kier alpha value is -1.56. The van der Waals surface area contributed by atoms with Gasteiger partial charge in [-0.1, -0.05) is 29.3 Å². The molecule has 7 heteroatoms. The Kier molecular flexibility index (Phi) is 5.20. The number of rotatable bonds is 5. The summed E-state index contributed by atoms with van der Waals surface area (Å²) in [6.07, 6.45) is 0. The van der Waals surface area contributed by atoms with Crippen molar-refractivity contribution in [2.75, 3.05) is 17.9 Å². The van der Waals surface area contributed by atoms with Crippen LogP contribution < -0.4 is 14.8 Å². The molecule has 0 bridgehead atoms. The number of ether oxygens (including phenoxy) is 2. The molecule has 0 aromatic heterocycles. The fourth-order valence-electron chi connectivity index (χ4n) is 2.06. The van der Waals surface area contributed by atoms with Crippen molar-refractivity contribution < 1.29 is 14.3 Å². The van der Waals surface area contributed by atoms with Gasteiger partial charge in [0.05, 0.1) is 15.8 Å². The molecule has 0 saturated heterocycles. The number of anilines is 1. The molecule has 0 aliphatic carbocycles. The fourth-order valence-corrected chi connectivity index (χ4v) is 3.16. The minimum atomic E-state index is -0.0751. The molecule has 1 amide bonds. The quantitative estimate of drug-likeness (QED) is 0.836. The predicted octanol–water partition coefficient (Wildman–Crippen LogP) is 4.59. The van der Waals surface area contributed by atoms with Crippen LogP contribution in [0, 0.1) is 0 Å². The molecule has 3 rings (SSSR count). The van der Waals surface area contributed by atoms with E-state index in [2.05, 4.69) is 5.32 Å². The normalized spacial score (nSPS) is 12.3. The number of halogens is 2. The standard InChI is InChI=1S/C16H13Cl2NO3S/c17-12-3-1-10(5-13(12)18)7-23-8-16(20)19-11-2-4-14-15(6-11)22-9-21-14/h1-6H,7-9H2,(H,19,20). The summed E-state index contributed by atoms with van der Waals surface area (Å²) in [6.45, 7) is 0.215. The monoisotopic (exact) mass is 369 g/mol. The van der Waals surface area contributed by atoms with Crippen LogP contribution in [0.15, 0.2) is 36.4 Å². The molecule has 0 fully saturated rings. The average molecular weight is 370 g/mol. The van der Waals surface area contributed by atoms with Gasteiger partial charge in [-0.05, 0) is 29.8 Å². The van der Waals surface area contributed by atoms with Crippen molar-refractivity contribution in [3.63, 3.8) is 0 Å². The lowest BCUT2D eigenvalue weighted by Gasteiger charge is -2.07. The molecule has 0 radical (unpaired) electrons. The maximum atomic E-state index is 12.0. The minimum absolute atomic E-state index is 0.0751. The van der Waals surface area contributed by atoms with Crippen LogP contribution in [0.4, 0.5) is 5.69 Å². The van der Waals surface area contributed by atoms with E-state index in [-0.39, 0.29) is 12.7 Å². The van der Waals surface area contributed by atoms with Crippen LogP contribution >= 0.6 is 35.0 Å². The van der Waals surface area contributed by atoms with E-state index in [1.54, 1.807) is 24.3 Å². The second-order valence-corrected chi connectivity index (χ2v) is 6.66. The Balaban J connectivity index is 1.49. The molecular formula is C16H13Cl2NO3S. The second-order valence-electron chi connectivity index (χ2n) is 4.86. The van der Waals surface area contributed by atoms with Gasteiger partial charge < -0.3 is 14.8 Å². The van der Waals surface area contributed by atoms with Gasteiger partial charge in [-0.25, -0.2) is 0 Å². The van der Waals surface area contributed by atoms with Gasteiger partial charge in [-0.3, -0.25) is 4.79 Å². The Morgan fingerprint density at radius 1 is 1.09 bits per heavy atom. The fraction of sp³-hybridized carbons (Fsp3) is 0.188. The van der Waals surface area contributed by atoms with Gasteiger partial charge >= 0.3 is 0 Å². The van der Waals surface area contributed by atoms with Crippen molar-refractivity contribution in [3.05, 3.63) is 52.0 Å². The number of benzene rings is 2. The Bertz CT molecular complexity index is 739. The van der Waals surface area contributed by atoms with Crippen LogP contribution in [0.3, 0.4) is 0 Å². The lowest BCUT2D eigenvalue weighted by Crippen LogP contribution is -2.14. The summed E-state index contributed by atoms with van der Waals surface area (Å²) in [7, 11) is 0. The van der Waals surface area contributed by atoms with Gasteiger partial charge in [0.2, 0.25) is 12.7 Å². The maximum absolute atomic E-state index is 12.0. The summed E-state index contributed by atoms with van der Waals surface area (Å²) >= 11 is 13.3. The van der Waals surface area contributed by atoms with E-state index in [9.17, 15) is 4.79 Å². The van der Waals surface area contributed by atoms with Crippen LogP contribution in [-0.4, -0.2) is 18.5 Å². The molecule has 2 aromatic carbocycles. The number of carbonyl (C=O) groups is 1. The first-order valence-electron chi connectivity index (χ1n) is 6.83. The molecule has 120 valence electrons. The molecule has 0 unspecified atom stereocenters. The summed E-state index contributed by atoms with van der Waals surface area (Å²) in [5.41, 5.74) is 1.72. The molecule has 1 aliphatic rings. The van der Waals surface area contributed by atoms with E-state index >= 15 is 0 Å². The SMILES string of the molecule is O=C(CSCc1ccc(Cl)c(Cl)c1)Nc1ccc2c(c1)OCO2. The van der Waals surface area contributed by atoms with Crippen molar-refractivity contribution in [1.82, 2.24) is 0 Å². The zero-order chi connectivity index (χ0) is 16.2. The van der Waals surface area contributed by atoms with Crippen LogP contribution in [0.2, 0.25) is 10.0 Å². The van der Waals surface area contributed by atoms with Crippen LogP contribution in [0.5, 0.6) is 11.5 Å². The average Bonchev–Trinajstić information content (AvgIpc) is 2.98. The molecule has 0 spiro atoms. The number of carbonyl (C=O) groups excluding carboxylic acids is 1. The second kappa shape index (κ2) is 7.34. The minimum Gasteiger partial charge on any atom is -0.454 e. The maximum Gasteiger partial charge on any atom is 0.234 e. The largest absolute Gasteiger partial charge is 0.454 e. The van der Waals surface area contributed by atoms with Gasteiger partial charge in [0.15, 0.2) is 11.5 Å². The number of nitrogens with one attached hydrogen (secondary N) is 1. The lowest BCUT2D eigenvalue weighted by atomic mass is 10.2. The summed E-state index contributed by atoms with van der Waals surface area (Å²) in [4.78, 5) is 12.0. The molecule has 0 atom stereocenters. The molecule has 1 heterocycles. The first kappa shape index (κ1) is 16.3. The number of hydrogen-bond donors (Lipinski definition) is 1. The number of fused-ring (bicyclic) bond motifs is 1. The summed E-state index contributed by atoms with van der Waals surface area (Å²) in [6, 6.07) is 10.8. The highest BCUT2D eigenvalue weighted by atomic mass is 35.5. The third kappa shape index (κ3) is 4.25. The van der Waals surface area contributed by atoms with Gasteiger partial charge in [-0.15, -0.1) is 11.8 Å². The highest BCUT2D eigenvalue weighted by molar-refractivity contribution is 7.99. The molecule has 0 saturated carbocycles. The van der Waals surface area contributed by atoms with Crippen molar-refractivity contribution in [1.29, 1.82) is 0 Å². The molecule has 23 heavy (non-hydrogen) atoms. The highest BCUT2D eigenvalue weighted by Gasteiger charge is 2.14. The van der Waals surface area contributed by atoms with E-state index in [4.69, 9.17) is 32.7 Å².